The van der Waals surface area contributed by atoms with Gasteiger partial charge in [-0.05, 0) is 41.8 Å². The van der Waals surface area contributed by atoms with Crippen molar-refractivity contribution in [3.63, 3.8) is 0 Å². The standard InChI is InChI=1S/C18H17NO3S/c20-17-10-15(13-2-1-3-16-14(13)6-9-23-16)18(21)19(17)11-12-4-7-22-8-5-12/h1-3,6,9-10,12H,4-5,7-8,11H2. The first-order valence-electron chi connectivity index (χ1n) is 7.86. The third-order valence-electron chi connectivity index (χ3n) is 4.58. The summed E-state index contributed by atoms with van der Waals surface area (Å²) in [5.41, 5.74) is 1.38. The lowest BCUT2D eigenvalue weighted by atomic mass is 9.99. The predicted octanol–water partition coefficient (Wildman–Crippen LogP) is 3.08. The number of thiophene rings is 1. The molecule has 0 unspecified atom stereocenters. The van der Waals surface area contributed by atoms with Crippen molar-refractivity contribution in [2.24, 2.45) is 5.92 Å². The monoisotopic (exact) mass is 327 g/mol. The summed E-state index contributed by atoms with van der Waals surface area (Å²) < 4.78 is 6.48. The number of carbonyl (C=O) groups excluding carboxylic acids is 2. The molecule has 0 spiro atoms. The maximum atomic E-state index is 12.8. The highest BCUT2D eigenvalue weighted by molar-refractivity contribution is 7.17. The van der Waals surface area contributed by atoms with E-state index in [0.29, 0.717) is 18.0 Å². The van der Waals surface area contributed by atoms with Gasteiger partial charge in [0, 0.05) is 35.9 Å². The SMILES string of the molecule is O=C1C=C(c2cccc3sccc23)C(=O)N1CC1CCOCC1. The van der Waals surface area contributed by atoms with E-state index >= 15 is 0 Å². The van der Waals surface area contributed by atoms with Crippen LogP contribution in [0, 0.1) is 5.92 Å². The van der Waals surface area contributed by atoms with E-state index in [1.54, 1.807) is 11.3 Å². The van der Waals surface area contributed by atoms with Crippen LogP contribution in [0.2, 0.25) is 0 Å². The van der Waals surface area contributed by atoms with Gasteiger partial charge >= 0.3 is 0 Å². The van der Waals surface area contributed by atoms with Crippen LogP contribution in [0.3, 0.4) is 0 Å². The van der Waals surface area contributed by atoms with Crippen molar-refractivity contribution >= 4 is 38.8 Å². The van der Waals surface area contributed by atoms with E-state index in [9.17, 15) is 9.59 Å². The van der Waals surface area contributed by atoms with Gasteiger partial charge in [0.05, 0.1) is 5.57 Å². The van der Waals surface area contributed by atoms with E-state index in [1.165, 1.54) is 11.0 Å². The van der Waals surface area contributed by atoms with Crippen molar-refractivity contribution in [2.45, 2.75) is 12.8 Å². The van der Waals surface area contributed by atoms with Crippen molar-refractivity contribution in [1.82, 2.24) is 4.90 Å². The Balaban J connectivity index is 1.61. The van der Waals surface area contributed by atoms with Gasteiger partial charge in [0.25, 0.3) is 11.8 Å². The molecule has 118 valence electrons. The van der Waals surface area contributed by atoms with Gasteiger partial charge in [-0.15, -0.1) is 11.3 Å². The molecule has 1 aromatic heterocycles. The molecule has 0 saturated carbocycles. The fraction of sp³-hybridized carbons (Fsp3) is 0.333. The number of nitrogens with zero attached hydrogens (tertiary/aromatic N) is 1. The van der Waals surface area contributed by atoms with E-state index in [4.69, 9.17) is 4.74 Å². The van der Waals surface area contributed by atoms with Crippen LogP contribution in [0.25, 0.3) is 15.7 Å². The average molecular weight is 327 g/mol. The van der Waals surface area contributed by atoms with Crippen molar-refractivity contribution in [3.8, 4) is 0 Å². The van der Waals surface area contributed by atoms with Crippen molar-refractivity contribution in [3.05, 3.63) is 41.3 Å². The summed E-state index contributed by atoms with van der Waals surface area (Å²) in [4.78, 5) is 26.5. The van der Waals surface area contributed by atoms with E-state index in [-0.39, 0.29) is 11.8 Å². The predicted molar refractivity (Wildman–Crippen MR) is 90.1 cm³/mol. The van der Waals surface area contributed by atoms with Crippen LogP contribution >= 0.6 is 11.3 Å². The van der Waals surface area contributed by atoms with Crippen LogP contribution in [0.1, 0.15) is 18.4 Å². The molecule has 0 bridgehead atoms. The van der Waals surface area contributed by atoms with Crippen LogP contribution < -0.4 is 0 Å². The van der Waals surface area contributed by atoms with Gasteiger partial charge in [0.1, 0.15) is 0 Å². The highest BCUT2D eigenvalue weighted by Gasteiger charge is 2.34. The number of hydrogen-bond acceptors (Lipinski definition) is 4. The van der Waals surface area contributed by atoms with Gasteiger partial charge < -0.3 is 4.74 Å². The number of rotatable bonds is 3. The molecule has 4 nitrogen and oxygen atoms in total. The number of imide groups is 1. The largest absolute Gasteiger partial charge is 0.381 e. The third-order valence-corrected chi connectivity index (χ3v) is 5.46. The van der Waals surface area contributed by atoms with Gasteiger partial charge in [-0.2, -0.15) is 0 Å². The lowest BCUT2D eigenvalue weighted by Gasteiger charge is -2.26. The highest BCUT2D eigenvalue weighted by atomic mass is 32.1. The number of benzene rings is 1. The van der Waals surface area contributed by atoms with E-state index in [2.05, 4.69) is 0 Å². The molecule has 2 aliphatic heterocycles. The Bertz CT molecular complexity index is 801. The fourth-order valence-corrected chi connectivity index (χ4v) is 4.10. The zero-order valence-corrected chi connectivity index (χ0v) is 13.5. The summed E-state index contributed by atoms with van der Waals surface area (Å²) in [6.07, 6.45) is 3.31. The molecule has 2 amide bonds. The molecule has 0 aliphatic carbocycles. The zero-order valence-electron chi connectivity index (χ0n) is 12.7. The second-order valence-electron chi connectivity index (χ2n) is 6.01. The van der Waals surface area contributed by atoms with Crippen molar-refractivity contribution < 1.29 is 14.3 Å². The Morgan fingerprint density at radius 2 is 2.00 bits per heavy atom. The highest BCUT2D eigenvalue weighted by Crippen LogP contribution is 2.33. The molecule has 0 atom stereocenters. The topological polar surface area (TPSA) is 46.6 Å². The molecule has 0 N–H and O–H groups in total. The minimum atomic E-state index is -0.191. The number of amides is 2. The van der Waals surface area contributed by atoms with E-state index < -0.39 is 0 Å². The maximum absolute atomic E-state index is 12.8. The first kappa shape index (κ1) is 14.6. The number of fused-ring (bicyclic) bond motifs is 1. The number of hydrogen-bond donors (Lipinski definition) is 0. The molecule has 0 radical (unpaired) electrons. The fourth-order valence-electron chi connectivity index (χ4n) is 3.29. The van der Waals surface area contributed by atoms with Crippen LogP contribution in [0.4, 0.5) is 0 Å². The molecular weight excluding hydrogens is 310 g/mol. The molecular formula is C18H17NO3S. The van der Waals surface area contributed by atoms with Gasteiger partial charge in [-0.25, -0.2) is 0 Å². The second-order valence-corrected chi connectivity index (χ2v) is 6.95. The second kappa shape index (κ2) is 5.91. The minimum absolute atomic E-state index is 0.166. The molecule has 1 aromatic carbocycles. The van der Waals surface area contributed by atoms with Gasteiger partial charge in [0.15, 0.2) is 0 Å². The van der Waals surface area contributed by atoms with Gasteiger partial charge in [-0.1, -0.05) is 12.1 Å². The number of ether oxygens (including phenoxy) is 1. The summed E-state index contributed by atoms with van der Waals surface area (Å²) in [6, 6.07) is 7.90. The number of carbonyl (C=O) groups is 2. The summed E-state index contributed by atoms with van der Waals surface area (Å²) in [7, 11) is 0. The quantitative estimate of drug-likeness (QED) is 0.814. The van der Waals surface area contributed by atoms with Crippen LogP contribution in [-0.2, 0) is 14.3 Å². The Kier molecular flexibility index (Phi) is 3.75. The molecule has 3 heterocycles. The average Bonchev–Trinajstić information content (AvgIpc) is 3.15. The van der Waals surface area contributed by atoms with Gasteiger partial charge in [0.2, 0.25) is 0 Å². The molecule has 2 aliphatic rings. The molecule has 4 rings (SSSR count). The molecule has 5 heteroatoms. The van der Waals surface area contributed by atoms with Crippen molar-refractivity contribution in [2.75, 3.05) is 19.8 Å². The first-order valence-corrected chi connectivity index (χ1v) is 8.74. The van der Waals surface area contributed by atoms with Crippen LogP contribution in [0.15, 0.2) is 35.7 Å². The molecule has 1 saturated heterocycles. The van der Waals surface area contributed by atoms with Crippen LogP contribution in [-0.4, -0.2) is 36.5 Å². The van der Waals surface area contributed by atoms with Gasteiger partial charge in [-0.3, -0.25) is 14.5 Å². The smallest absolute Gasteiger partial charge is 0.261 e. The third kappa shape index (κ3) is 2.60. The summed E-state index contributed by atoms with van der Waals surface area (Å²) in [5.74, 6) is -0.00902. The molecule has 1 fully saturated rings. The Morgan fingerprint density at radius 1 is 1.17 bits per heavy atom. The van der Waals surface area contributed by atoms with E-state index in [1.807, 2.05) is 29.6 Å². The van der Waals surface area contributed by atoms with Crippen LogP contribution in [0.5, 0.6) is 0 Å². The lowest BCUT2D eigenvalue weighted by molar-refractivity contribution is -0.137. The minimum Gasteiger partial charge on any atom is -0.381 e. The molecule has 2 aromatic rings. The normalized spacial score (nSPS) is 19.7. The first-order chi connectivity index (χ1) is 11.2. The lowest BCUT2D eigenvalue weighted by Crippen LogP contribution is -2.37. The summed E-state index contributed by atoms with van der Waals surface area (Å²) in [5, 5.41) is 3.05. The summed E-state index contributed by atoms with van der Waals surface area (Å²) >= 11 is 1.64. The molecule has 23 heavy (non-hydrogen) atoms. The Hall–Kier alpha value is -1.98. The van der Waals surface area contributed by atoms with Crippen molar-refractivity contribution in [1.29, 1.82) is 0 Å². The summed E-state index contributed by atoms with van der Waals surface area (Å²) in [6.45, 7) is 1.94. The Morgan fingerprint density at radius 3 is 2.83 bits per heavy atom. The Labute approximate surface area is 138 Å². The van der Waals surface area contributed by atoms with E-state index in [0.717, 1.165) is 41.7 Å². The maximum Gasteiger partial charge on any atom is 0.261 e. The zero-order chi connectivity index (χ0) is 15.8.